The molecule has 4 rings (SSSR count). The van der Waals surface area contributed by atoms with Crippen LogP contribution in [0, 0.1) is 0 Å². The topological polar surface area (TPSA) is 84.9 Å². The van der Waals surface area contributed by atoms with E-state index in [1.165, 1.54) is 10.4 Å². The number of halogens is 2. The number of hydrogen-bond donors (Lipinski definition) is 0. The summed E-state index contributed by atoms with van der Waals surface area (Å²) in [5.41, 5.74) is 1.37. The predicted molar refractivity (Wildman–Crippen MR) is 137 cm³/mol. The molecular weight excluding hydrogens is 511 g/mol. The van der Waals surface area contributed by atoms with Crippen LogP contribution in [0.5, 0.6) is 11.5 Å². The standard InChI is InChI=1S/C24H26Cl2N4O4S/c1-3-33-18-6-9-22(34-4-2)23(16-18)35(31,32)30-13-11-29(12-14-30)24-10-8-21(27-28-24)19-7-5-17(25)15-20(19)26/h5-10,15-16H,3-4,11-14H2,1-2H3. The molecule has 1 aliphatic heterocycles. The fraction of sp³-hybridized carbons (Fsp3) is 0.333. The molecular formula is C24H26Cl2N4O4S. The van der Waals surface area contributed by atoms with Gasteiger partial charge in [0.15, 0.2) is 5.82 Å². The maximum absolute atomic E-state index is 13.5. The highest BCUT2D eigenvalue weighted by Crippen LogP contribution is 2.32. The second-order valence-corrected chi connectivity index (χ2v) is 10.5. The Hall–Kier alpha value is -2.59. The van der Waals surface area contributed by atoms with Crippen molar-refractivity contribution < 1.29 is 17.9 Å². The minimum atomic E-state index is -3.77. The quantitative estimate of drug-likeness (QED) is 0.410. The third-order valence-electron chi connectivity index (χ3n) is 5.56. The van der Waals surface area contributed by atoms with Crippen LogP contribution in [0.3, 0.4) is 0 Å². The SMILES string of the molecule is CCOc1ccc(OCC)c(S(=O)(=O)N2CCN(c3ccc(-c4ccc(Cl)cc4Cl)nn3)CC2)c1. The third-order valence-corrected chi connectivity index (χ3v) is 8.03. The zero-order valence-corrected chi connectivity index (χ0v) is 21.8. The summed E-state index contributed by atoms with van der Waals surface area (Å²) in [7, 11) is -3.77. The Kier molecular flexibility index (Phi) is 8.01. The van der Waals surface area contributed by atoms with E-state index in [9.17, 15) is 8.42 Å². The van der Waals surface area contributed by atoms with E-state index in [1.54, 1.807) is 30.3 Å². The molecule has 0 amide bonds. The predicted octanol–water partition coefficient (Wildman–Crippen LogP) is 4.76. The minimum Gasteiger partial charge on any atom is -0.494 e. The average Bonchev–Trinajstić information content (AvgIpc) is 2.85. The zero-order chi connectivity index (χ0) is 25.0. The van der Waals surface area contributed by atoms with Gasteiger partial charge in [0.1, 0.15) is 16.4 Å². The van der Waals surface area contributed by atoms with E-state index < -0.39 is 10.0 Å². The Morgan fingerprint density at radius 3 is 2.26 bits per heavy atom. The lowest BCUT2D eigenvalue weighted by atomic mass is 10.1. The molecule has 1 aromatic heterocycles. The van der Waals surface area contributed by atoms with Crippen LogP contribution < -0.4 is 14.4 Å². The van der Waals surface area contributed by atoms with Crippen LogP contribution in [0.1, 0.15) is 13.8 Å². The lowest BCUT2D eigenvalue weighted by molar-refractivity contribution is 0.319. The highest BCUT2D eigenvalue weighted by atomic mass is 35.5. The molecule has 11 heteroatoms. The van der Waals surface area contributed by atoms with E-state index in [0.717, 1.165) is 5.56 Å². The largest absolute Gasteiger partial charge is 0.494 e. The second kappa shape index (κ2) is 11.0. The molecule has 0 unspecified atom stereocenters. The zero-order valence-electron chi connectivity index (χ0n) is 19.4. The molecule has 0 radical (unpaired) electrons. The highest BCUT2D eigenvalue weighted by molar-refractivity contribution is 7.89. The van der Waals surface area contributed by atoms with E-state index in [0.29, 0.717) is 72.4 Å². The van der Waals surface area contributed by atoms with E-state index in [-0.39, 0.29) is 4.90 Å². The minimum absolute atomic E-state index is 0.114. The molecule has 1 aliphatic rings. The lowest BCUT2D eigenvalue weighted by Crippen LogP contribution is -2.49. The van der Waals surface area contributed by atoms with Crippen molar-refractivity contribution in [1.29, 1.82) is 0 Å². The molecule has 2 aromatic carbocycles. The Morgan fingerprint density at radius 1 is 0.886 bits per heavy atom. The summed E-state index contributed by atoms with van der Waals surface area (Å²) in [6.45, 7) is 6.03. The summed E-state index contributed by atoms with van der Waals surface area (Å²) in [5.74, 6) is 1.48. The summed E-state index contributed by atoms with van der Waals surface area (Å²) in [6.07, 6.45) is 0. The normalized spacial score (nSPS) is 14.7. The van der Waals surface area contributed by atoms with Crippen molar-refractivity contribution in [1.82, 2.24) is 14.5 Å². The number of ether oxygens (including phenoxy) is 2. The van der Waals surface area contributed by atoms with Gasteiger partial charge >= 0.3 is 0 Å². The van der Waals surface area contributed by atoms with Crippen LogP contribution in [0.2, 0.25) is 10.0 Å². The summed E-state index contributed by atoms with van der Waals surface area (Å²) < 4.78 is 39.5. The van der Waals surface area contributed by atoms with Gasteiger partial charge in [-0.25, -0.2) is 8.42 Å². The van der Waals surface area contributed by atoms with Gasteiger partial charge < -0.3 is 14.4 Å². The molecule has 1 fully saturated rings. The second-order valence-electron chi connectivity index (χ2n) is 7.77. The van der Waals surface area contributed by atoms with E-state index in [4.69, 9.17) is 32.7 Å². The van der Waals surface area contributed by atoms with Crippen LogP contribution in [0.25, 0.3) is 11.3 Å². The van der Waals surface area contributed by atoms with Crippen molar-refractivity contribution in [3.63, 3.8) is 0 Å². The van der Waals surface area contributed by atoms with Crippen molar-refractivity contribution in [2.24, 2.45) is 0 Å². The van der Waals surface area contributed by atoms with Gasteiger partial charge in [0.25, 0.3) is 0 Å². The monoisotopic (exact) mass is 536 g/mol. The molecule has 3 aromatic rings. The summed E-state index contributed by atoms with van der Waals surface area (Å²) in [4.78, 5) is 2.12. The first-order valence-electron chi connectivity index (χ1n) is 11.3. The fourth-order valence-corrected chi connectivity index (χ4v) is 5.93. The number of benzene rings is 2. The van der Waals surface area contributed by atoms with E-state index >= 15 is 0 Å². The van der Waals surface area contributed by atoms with Crippen molar-refractivity contribution in [2.45, 2.75) is 18.7 Å². The smallest absolute Gasteiger partial charge is 0.247 e. The maximum atomic E-state index is 13.5. The lowest BCUT2D eigenvalue weighted by Gasteiger charge is -2.34. The Labute approximate surface area is 215 Å². The van der Waals surface area contributed by atoms with Gasteiger partial charge in [-0.15, -0.1) is 10.2 Å². The molecule has 0 spiro atoms. The number of rotatable bonds is 8. The first-order chi connectivity index (χ1) is 16.8. The highest BCUT2D eigenvalue weighted by Gasteiger charge is 2.32. The van der Waals surface area contributed by atoms with Crippen molar-refractivity contribution >= 4 is 39.0 Å². The number of sulfonamides is 1. The molecule has 1 saturated heterocycles. The van der Waals surface area contributed by atoms with Gasteiger partial charge in [-0.2, -0.15) is 4.31 Å². The molecule has 35 heavy (non-hydrogen) atoms. The molecule has 8 nitrogen and oxygen atoms in total. The van der Waals surface area contributed by atoms with Gasteiger partial charge in [0.05, 0.1) is 23.9 Å². The van der Waals surface area contributed by atoms with Crippen molar-refractivity contribution in [3.05, 3.63) is 58.6 Å². The maximum Gasteiger partial charge on any atom is 0.247 e. The first-order valence-corrected chi connectivity index (χ1v) is 13.5. The number of hydrogen-bond acceptors (Lipinski definition) is 7. The fourth-order valence-electron chi connectivity index (χ4n) is 3.85. The summed E-state index contributed by atoms with van der Waals surface area (Å²) >= 11 is 12.3. The third kappa shape index (κ3) is 5.64. The van der Waals surface area contributed by atoms with E-state index in [1.807, 2.05) is 30.9 Å². The van der Waals surface area contributed by atoms with Crippen molar-refractivity contribution in [2.75, 3.05) is 44.3 Å². The summed E-state index contributed by atoms with van der Waals surface area (Å²) in [6, 6.07) is 13.8. The van der Waals surface area contributed by atoms with Crippen LogP contribution >= 0.6 is 23.2 Å². The van der Waals surface area contributed by atoms with Crippen LogP contribution in [-0.2, 0) is 10.0 Å². The molecule has 0 atom stereocenters. The molecule has 0 bridgehead atoms. The number of anilines is 1. The average molecular weight is 537 g/mol. The number of aromatic nitrogens is 2. The van der Waals surface area contributed by atoms with Gasteiger partial charge in [-0.3, -0.25) is 0 Å². The van der Waals surface area contributed by atoms with Gasteiger partial charge in [0.2, 0.25) is 10.0 Å². The van der Waals surface area contributed by atoms with Gasteiger partial charge in [0, 0.05) is 42.8 Å². The molecule has 0 aliphatic carbocycles. The van der Waals surface area contributed by atoms with Crippen LogP contribution in [0.15, 0.2) is 53.4 Å². The Morgan fingerprint density at radius 2 is 1.63 bits per heavy atom. The van der Waals surface area contributed by atoms with Crippen LogP contribution in [-0.4, -0.2) is 62.3 Å². The van der Waals surface area contributed by atoms with Gasteiger partial charge in [-0.05, 0) is 56.3 Å². The summed E-state index contributed by atoms with van der Waals surface area (Å²) in [5, 5.41) is 9.69. The molecule has 186 valence electrons. The number of piperazine rings is 1. The van der Waals surface area contributed by atoms with Crippen LogP contribution in [0.4, 0.5) is 5.82 Å². The van der Waals surface area contributed by atoms with Crippen molar-refractivity contribution in [3.8, 4) is 22.8 Å². The molecule has 0 saturated carbocycles. The molecule has 2 heterocycles. The molecule has 0 N–H and O–H groups in total. The van der Waals surface area contributed by atoms with E-state index in [2.05, 4.69) is 10.2 Å². The number of nitrogens with zero attached hydrogens (tertiary/aromatic N) is 4. The first kappa shape index (κ1) is 25.5. The Balaban J connectivity index is 1.48. The van der Waals surface area contributed by atoms with Gasteiger partial charge in [-0.1, -0.05) is 23.2 Å². The Bertz CT molecular complexity index is 1280.